The lowest BCUT2D eigenvalue weighted by atomic mass is 10.0. The lowest BCUT2D eigenvalue weighted by Crippen LogP contribution is -2.19. The molecule has 0 radical (unpaired) electrons. The number of benzene rings is 3. The summed E-state index contributed by atoms with van der Waals surface area (Å²) in [7, 11) is 0. The second-order valence-electron chi connectivity index (χ2n) is 6.70. The molecule has 1 amide bonds. The van der Waals surface area contributed by atoms with Crippen molar-refractivity contribution in [3.63, 3.8) is 0 Å². The maximum Gasteiger partial charge on any atom is 0.244 e. The first-order valence-corrected chi connectivity index (χ1v) is 9.25. The number of aryl methyl sites for hydroxylation is 2. The molecular formula is C24H24N2O2. The molecule has 0 aliphatic rings. The van der Waals surface area contributed by atoms with Crippen molar-refractivity contribution in [2.45, 2.75) is 26.9 Å². The van der Waals surface area contributed by atoms with Gasteiger partial charge in [-0.15, -0.1) is 0 Å². The van der Waals surface area contributed by atoms with Gasteiger partial charge >= 0.3 is 0 Å². The van der Waals surface area contributed by atoms with E-state index in [1.165, 1.54) is 11.1 Å². The number of carbonyl (C=O) groups excluding carboxylic acids is 1. The molecule has 1 N–H and O–H groups in total. The van der Waals surface area contributed by atoms with E-state index >= 15 is 0 Å². The molecular weight excluding hydrogens is 348 g/mol. The molecule has 0 spiro atoms. The Bertz CT molecular complexity index is 965. The summed E-state index contributed by atoms with van der Waals surface area (Å²) in [6.45, 7) is 4.58. The number of carbonyl (C=O) groups is 1. The normalized spacial score (nSPS) is 10.8. The molecule has 0 saturated heterocycles. The third-order valence-electron chi connectivity index (χ3n) is 4.49. The molecule has 0 aromatic heterocycles. The molecule has 0 aliphatic carbocycles. The van der Waals surface area contributed by atoms with Gasteiger partial charge in [0.25, 0.3) is 0 Å². The van der Waals surface area contributed by atoms with Gasteiger partial charge in [-0.3, -0.25) is 4.79 Å². The summed E-state index contributed by atoms with van der Waals surface area (Å²) in [6.07, 6.45) is 1.91. The zero-order valence-electron chi connectivity index (χ0n) is 16.2. The van der Waals surface area contributed by atoms with Crippen LogP contribution in [0.1, 0.15) is 27.8 Å². The molecule has 0 bridgehead atoms. The summed E-state index contributed by atoms with van der Waals surface area (Å²) in [6, 6.07) is 23.6. The Hall–Kier alpha value is -3.40. The lowest BCUT2D eigenvalue weighted by Gasteiger charge is -2.09. The summed E-state index contributed by atoms with van der Waals surface area (Å²) in [5, 5.41) is 4.09. The van der Waals surface area contributed by atoms with Crippen LogP contribution in [0.2, 0.25) is 0 Å². The van der Waals surface area contributed by atoms with Gasteiger partial charge in [-0.1, -0.05) is 60.7 Å². The van der Waals surface area contributed by atoms with Crippen molar-refractivity contribution in [2.75, 3.05) is 0 Å². The van der Waals surface area contributed by atoms with E-state index in [1.807, 2.05) is 79.7 Å². The minimum absolute atomic E-state index is 0.151. The van der Waals surface area contributed by atoms with Gasteiger partial charge in [-0.05, 0) is 48.2 Å². The maximum absolute atomic E-state index is 12.1. The van der Waals surface area contributed by atoms with Crippen molar-refractivity contribution in [3.8, 4) is 5.75 Å². The van der Waals surface area contributed by atoms with Crippen LogP contribution in [0.4, 0.5) is 0 Å². The van der Waals surface area contributed by atoms with Crippen LogP contribution in [-0.4, -0.2) is 12.1 Å². The molecule has 4 heteroatoms. The zero-order chi connectivity index (χ0) is 19.8. The molecule has 0 unspecified atom stereocenters. The van der Waals surface area contributed by atoms with Gasteiger partial charge in [0.05, 0.1) is 12.6 Å². The highest BCUT2D eigenvalue weighted by atomic mass is 16.5. The van der Waals surface area contributed by atoms with Crippen LogP contribution in [0.5, 0.6) is 5.75 Å². The van der Waals surface area contributed by atoms with Crippen LogP contribution in [-0.2, 0) is 17.8 Å². The summed E-state index contributed by atoms with van der Waals surface area (Å²) in [4.78, 5) is 12.1. The summed E-state index contributed by atoms with van der Waals surface area (Å²) >= 11 is 0. The molecule has 4 nitrogen and oxygen atoms in total. The van der Waals surface area contributed by atoms with Crippen molar-refractivity contribution in [3.05, 3.63) is 101 Å². The number of para-hydroxylation sites is 1. The molecule has 3 aromatic carbocycles. The van der Waals surface area contributed by atoms with Crippen molar-refractivity contribution in [2.24, 2.45) is 5.10 Å². The smallest absolute Gasteiger partial charge is 0.244 e. The SMILES string of the molecule is Cc1ccc(CC(=O)N/N=C\c2ccccc2OCc2ccccc2)cc1C. The summed E-state index contributed by atoms with van der Waals surface area (Å²) in [5.41, 5.74) is 7.86. The fourth-order valence-electron chi connectivity index (χ4n) is 2.77. The number of hydrazone groups is 1. The van der Waals surface area contributed by atoms with Crippen LogP contribution in [0.25, 0.3) is 0 Å². The van der Waals surface area contributed by atoms with Crippen molar-refractivity contribution >= 4 is 12.1 Å². The molecule has 3 rings (SSSR count). The minimum atomic E-state index is -0.151. The van der Waals surface area contributed by atoms with Gasteiger partial charge in [0.15, 0.2) is 0 Å². The highest BCUT2D eigenvalue weighted by Gasteiger charge is 2.05. The van der Waals surface area contributed by atoms with Crippen molar-refractivity contribution < 1.29 is 9.53 Å². The molecule has 3 aromatic rings. The Morgan fingerprint density at radius 2 is 1.68 bits per heavy atom. The van der Waals surface area contributed by atoms with E-state index in [9.17, 15) is 4.79 Å². The van der Waals surface area contributed by atoms with Crippen LogP contribution in [0.15, 0.2) is 77.9 Å². The number of rotatable bonds is 7. The van der Waals surface area contributed by atoms with Gasteiger partial charge in [0, 0.05) is 5.56 Å². The topological polar surface area (TPSA) is 50.7 Å². The number of nitrogens with one attached hydrogen (secondary N) is 1. The third kappa shape index (κ3) is 5.55. The van der Waals surface area contributed by atoms with Gasteiger partial charge in [0.1, 0.15) is 12.4 Å². The third-order valence-corrected chi connectivity index (χ3v) is 4.49. The Kier molecular flexibility index (Phi) is 6.58. The van der Waals surface area contributed by atoms with Crippen LogP contribution in [0.3, 0.4) is 0 Å². The Morgan fingerprint density at radius 1 is 0.929 bits per heavy atom. The van der Waals surface area contributed by atoms with Crippen LogP contribution in [0, 0.1) is 13.8 Å². The van der Waals surface area contributed by atoms with Crippen LogP contribution < -0.4 is 10.2 Å². The number of hydrogen-bond acceptors (Lipinski definition) is 3. The quantitative estimate of drug-likeness (QED) is 0.488. The fraction of sp³-hybridized carbons (Fsp3) is 0.167. The summed E-state index contributed by atoms with van der Waals surface area (Å²) < 4.78 is 5.90. The van der Waals surface area contributed by atoms with E-state index in [4.69, 9.17) is 4.74 Å². The standard InChI is InChI=1S/C24H24N2O2/c1-18-12-13-21(14-19(18)2)15-24(27)26-25-16-22-10-6-7-11-23(22)28-17-20-8-4-3-5-9-20/h3-14,16H,15,17H2,1-2H3,(H,26,27)/b25-16-. The van der Waals surface area contributed by atoms with E-state index in [0.717, 1.165) is 22.4 Å². The van der Waals surface area contributed by atoms with Crippen molar-refractivity contribution in [1.82, 2.24) is 5.43 Å². The van der Waals surface area contributed by atoms with Crippen LogP contribution >= 0.6 is 0 Å². The summed E-state index contributed by atoms with van der Waals surface area (Å²) in [5.74, 6) is 0.570. The average Bonchev–Trinajstić information content (AvgIpc) is 2.71. The lowest BCUT2D eigenvalue weighted by molar-refractivity contribution is -0.120. The van der Waals surface area contributed by atoms with E-state index in [2.05, 4.69) is 17.5 Å². The van der Waals surface area contributed by atoms with E-state index in [-0.39, 0.29) is 5.91 Å². The van der Waals surface area contributed by atoms with Gasteiger partial charge in [0.2, 0.25) is 5.91 Å². The monoisotopic (exact) mass is 372 g/mol. The Morgan fingerprint density at radius 3 is 2.46 bits per heavy atom. The van der Waals surface area contributed by atoms with Gasteiger partial charge in [-0.25, -0.2) is 5.43 Å². The molecule has 0 atom stereocenters. The fourth-order valence-corrected chi connectivity index (χ4v) is 2.77. The van der Waals surface area contributed by atoms with Crippen molar-refractivity contribution in [1.29, 1.82) is 0 Å². The number of ether oxygens (including phenoxy) is 1. The first-order valence-electron chi connectivity index (χ1n) is 9.25. The maximum atomic E-state index is 12.1. The average molecular weight is 372 g/mol. The molecule has 28 heavy (non-hydrogen) atoms. The molecule has 0 fully saturated rings. The Balaban J connectivity index is 1.57. The van der Waals surface area contributed by atoms with Gasteiger partial charge < -0.3 is 4.74 Å². The molecule has 0 saturated carbocycles. The van der Waals surface area contributed by atoms with E-state index < -0.39 is 0 Å². The largest absolute Gasteiger partial charge is 0.488 e. The van der Waals surface area contributed by atoms with Gasteiger partial charge in [-0.2, -0.15) is 5.10 Å². The molecule has 142 valence electrons. The highest BCUT2D eigenvalue weighted by Crippen LogP contribution is 2.17. The second-order valence-corrected chi connectivity index (χ2v) is 6.70. The first-order chi connectivity index (χ1) is 13.6. The number of amides is 1. The Labute approximate surface area is 165 Å². The number of nitrogens with zero attached hydrogens (tertiary/aromatic N) is 1. The predicted octanol–water partition coefficient (Wildman–Crippen LogP) is 4.58. The first kappa shape index (κ1) is 19.4. The predicted molar refractivity (Wildman–Crippen MR) is 113 cm³/mol. The molecule has 0 aliphatic heterocycles. The zero-order valence-corrected chi connectivity index (χ0v) is 16.2. The highest BCUT2D eigenvalue weighted by molar-refractivity contribution is 5.85. The van der Waals surface area contributed by atoms with E-state index in [0.29, 0.717) is 13.0 Å². The second kappa shape index (κ2) is 9.51. The minimum Gasteiger partial charge on any atom is -0.488 e. The van der Waals surface area contributed by atoms with E-state index in [1.54, 1.807) is 6.21 Å². The number of hydrogen-bond donors (Lipinski definition) is 1. The molecule has 0 heterocycles.